The Morgan fingerprint density at radius 1 is 0.365 bits per heavy atom. The molecule has 0 aliphatic carbocycles. The molecule has 0 saturated carbocycles. The van der Waals surface area contributed by atoms with Crippen molar-refractivity contribution in [3.63, 3.8) is 0 Å². The summed E-state index contributed by atoms with van der Waals surface area (Å²) in [5.41, 5.74) is 0. The van der Waals surface area contributed by atoms with Crippen LogP contribution in [0, 0.1) is 0 Å². The van der Waals surface area contributed by atoms with Crippen molar-refractivity contribution < 1.29 is 24.0 Å². The number of hydrogen-bond donors (Lipinski definition) is 10. The van der Waals surface area contributed by atoms with Crippen molar-refractivity contribution >= 4 is 29.4 Å². The normalized spacial score (nSPS) is 14.1. The quantitative estimate of drug-likeness (QED) is 0.0393. The SMILES string of the molecule is CNCCCC(CC(=O)NC(CCCNC)CC(=O)NC(CCCNC)CC(=O)NC(CCCNC)CC(=O)NC(CCCNC)CC(C)=O)NC. The van der Waals surface area contributed by atoms with Gasteiger partial charge in [-0.05, 0) is 146 Å². The van der Waals surface area contributed by atoms with E-state index in [0.29, 0.717) is 32.1 Å². The van der Waals surface area contributed by atoms with Crippen LogP contribution in [0.25, 0.3) is 0 Å². The lowest BCUT2D eigenvalue weighted by Gasteiger charge is -2.25. The highest BCUT2D eigenvalue weighted by atomic mass is 16.2. The molecule has 0 fully saturated rings. The molecule has 0 bridgehead atoms. The van der Waals surface area contributed by atoms with E-state index in [4.69, 9.17) is 0 Å². The Morgan fingerprint density at radius 3 is 0.827 bits per heavy atom. The van der Waals surface area contributed by atoms with Crippen molar-refractivity contribution in [2.75, 3.05) is 75.0 Å². The number of ketones is 1. The standard InChI is InChI=1S/C37H76N10O5/c1-28(48)23-30(14-9-19-39-3)44-35(50)25-32(16-11-21-41-5)46-37(52)27-33(17-12-22-42-6)47-36(51)26-31(15-10-20-40-4)45-34(49)24-29(43-7)13-8-18-38-2/h29-33,38-43H,8-27H2,1-7H3,(H,44,50)(H,45,49)(H,46,52)(H,47,51). The van der Waals surface area contributed by atoms with Gasteiger partial charge in [-0.15, -0.1) is 0 Å². The lowest BCUT2D eigenvalue weighted by Crippen LogP contribution is -2.46. The Hall–Kier alpha value is -2.69. The number of carbonyl (C=O) groups is 5. The summed E-state index contributed by atoms with van der Waals surface area (Å²) in [6.45, 7) is 5.45. The summed E-state index contributed by atoms with van der Waals surface area (Å²) >= 11 is 0. The first kappa shape index (κ1) is 49.3. The molecule has 0 radical (unpaired) electrons. The van der Waals surface area contributed by atoms with Crippen LogP contribution in [-0.2, 0) is 24.0 Å². The molecule has 0 spiro atoms. The van der Waals surface area contributed by atoms with E-state index in [1.807, 2.05) is 42.3 Å². The zero-order chi connectivity index (χ0) is 39.0. The van der Waals surface area contributed by atoms with Crippen LogP contribution in [0.4, 0.5) is 0 Å². The van der Waals surface area contributed by atoms with Gasteiger partial charge in [0.1, 0.15) is 5.78 Å². The van der Waals surface area contributed by atoms with E-state index in [-0.39, 0.29) is 73.2 Å². The Morgan fingerprint density at radius 2 is 0.596 bits per heavy atom. The molecule has 0 saturated heterocycles. The maximum Gasteiger partial charge on any atom is 0.222 e. The van der Waals surface area contributed by atoms with Gasteiger partial charge in [-0.25, -0.2) is 0 Å². The first-order valence-electron chi connectivity index (χ1n) is 19.6. The maximum atomic E-state index is 13.5. The molecule has 15 heteroatoms. The van der Waals surface area contributed by atoms with Gasteiger partial charge in [0.15, 0.2) is 0 Å². The van der Waals surface area contributed by atoms with Crippen molar-refractivity contribution in [1.29, 1.82) is 0 Å². The van der Waals surface area contributed by atoms with Crippen LogP contribution in [0.3, 0.4) is 0 Å². The summed E-state index contributed by atoms with van der Waals surface area (Å²) in [7, 11) is 11.2. The summed E-state index contributed by atoms with van der Waals surface area (Å²) in [5.74, 6) is -0.716. The van der Waals surface area contributed by atoms with Crippen LogP contribution < -0.4 is 53.2 Å². The third kappa shape index (κ3) is 27.9. The second-order valence-electron chi connectivity index (χ2n) is 14.0. The summed E-state index contributed by atoms with van der Waals surface area (Å²) in [6, 6.07) is -1.33. The molecule has 4 amide bonds. The summed E-state index contributed by atoms with van der Waals surface area (Å²) in [4.78, 5) is 64.9. The Labute approximate surface area is 314 Å². The molecule has 0 aromatic carbocycles. The van der Waals surface area contributed by atoms with Crippen LogP contribution in [-0.4, -0.2) is 135 Å². The van der Waals surface area contributed by atoms with Gasteiger partial charge >= 0.3 is 0 Å². The fourth-order valence-corrected chi connectivity index (χ4v) is 6.26. The van der Waals surface area contributed by atoms with Crippen molar-refractivity contribution in [3.05, 3.63) is 0 Å². The van der Waals surface area contributed by atoms with Gasteiger partial charge in [0.2, 0.25) is 23.6 Å². The average Bonchev–Trinajstić information content (AvgIpc) is 3.07. The van der Waals surface area contributed by atoms with Crippen LogP contribution in [0.2, 0.25) is 0 Å². The first-order valence-corrected chi connectivity index (χ1v) is 19.6. The topological polar surface area (TPSA) is 206 Å². The molecular weight excluding hydrogens is 664 g/mol. The molecule has 0 aliphatic heterocycles. The predicted octanol–water partition coefficient (Wildman–Crippen LogP) is 0.0511. The zero-order valence-electron chi connectivity index (χ0n) is 33.6. The van der Waals surface area contributed by atoms with E-state index in [1.54, 1.807) is 0 Å². The minimum absolute atomic E-state index is 0.0184. The maximum absolute atomic E-state index is 13.5. The van der Waals surface area contributed by atoms with E-state index in [1.165, 1.54) is 6.92 Å². The zero-order valence-corrected chi connectivity index (χ0v) is 33.6. The Balaban J connectivity index is 5.57. The summed E-state index contributed by atoms with van der Waals surface area (Å²) in [6.07, 6.45) is 8.40. The second-order valence-corrected chi connectivity index (χ2v) is 14.0. The summed E-state index contributed by atoms with van der Waals surface area (Å²) in [5, 5.41) is 31.1. The number of Topliss-reactive ketones (excluding diaryl/α,β-unsaturated/α-hetero) is 1. The van der Waals surface area contributed by atoms with Crippen LogP contribution in [0.1, 0.15) is 103 Å². The molecule has 0 aromatic heterocycles. The molecule has 5 unspecified atom stereocenters. The number of amides is 4. The van der Waals surface area contributed by atoms with Crippen molar-refractivity contribution in [2.24, 2.45) is 0 Å². The van der Waals surface area contributed by atoms with Crippen LogP contribution in [0.15, 0.2) is 0 Å². The number of hydrogen-bond acceptors (Lipinski definition) is 11. The molecule has 0 heterocycles. The molecule has 0 aliphatic rings. The number of rotatable bonds is 35. The lowest BCUT2D eigenvalue weighted by molar-refractivity contribution is -0.125. The van der Waals surface area contributed by atoms with Gasteiger partial charge in [-0.3, -0.25) is 24.0 Å². The monoisotopic (exact) mass is 741 g/mol. The molecule has 0 rings (SSSR count). The molecule has 15 nitrogen and oxygen atoms in total. The van der Waals surface area contributed by atoms with Gasteiger partial charge in [-0.1, -0.05) is 0 Å². The second kappa shape index (κ2) is 32.9. The smallest absolute Gasteiger partial charge is 0.222 e. The van der Waals surface area contributed by atoms with E-state index < -0.39 is 12.1 Å². The van der Waals surface area contributed by atoms with Crippen molar-refractivity contribution in [3.8, 4) is 0 Å². The largest absolute Gasteiger partial charge is 0.353 e. The van der Waals surface area contributed by atoms with E-state index in [9.17, 15) is 24.0 Å². The van der Waals surface area contributed by atoms with E-state index >= 15 is 0 Å². The molecule has 10 N–H and O–H groups in total. The highest BCUT2D eigenvalue weighted by molar-refractivity contribution is 5.83. The fourth-order valence-electron chi connectivity index (χ4n) is 6.26. The van der Waals surface area contributed by atoms with Crippen LogP contribution in [0.5, 0.6) is 0 Å². The van der Waals surface area contributed by atoms with Crippen molar-refractivity contribution in [2.45, 2.75) is 133 Å². The average molecular weight is 741 g/mol. The number of carbonyl (C=O) groups excluding carboxylic acids is 5. The first-order chi connectivity index (χ1) is 25.0. The lowest BCUT2D eigenvalue weighted by atomic mass is 10.0. The molecule has 52 heavy (non-hydrogen) atoms. The minimum atomic E-state index is -0.408. The summed E-state index contributed by atoms with van der Waals surface area (Å²) < 4.78 is 0. The molecule has 0 aromatic rings. The molecule has 304 valence electrons. The predicted molar refractivity (Wildman–Crippen MR) is 210 cm³/mol. The Bertz CT molecular complexity index is 973. The molecule has 5 atom stereocenters. The van der Waals surface area contributed by atoms with E-state index in [0.717, 1.165) is 71.2 Å². The number of nitrogens with one attached hydrogen (secondary N) is 10. The van der Waals surface area contributed by atoms with Gasteiger partial charge in [0, 0.05) is 62.3 Å². The van der Waals surface area contributed by atoms with Gasteiger partial charge in [0.05, 0.1) is 0 Å². The highest BCUT2D eigenvalue weighted by Gasteiger charge is 2.24. The third-order valence-electron chi connectivity index (χ3n) is 9.03. The molecular formula is C37H76N10O5. The Kier molecular flexibility index (Phi) is 31.2. The van der Waals surface area contributed by atoms with E-state index in [2.05, 4.69) is 53.2 Å². The third-order valence-corrected chi connectivity index (χ3v) is 9.03. The fraction of sp³-hybridized carbons (Fsp3) is 0.865. The highest BCUT2D eigenvalue weighted by Crippen LogP contribution is 2.11. The minimum Gasteiger partial charge on any atom is -0.353 e. The van der Waals surface area contributed by atoms with Gasteiger partial charge < -0.3 is 53.2 Å². The van der Waals surface area contributed by atoms with Crippen molar-refractivity contribution in [1.82, 2.24) is 53.2 Å². The van der Waals surface area contributed by atoms with Gasteiger partial charge in [0.25, 0.3) is 0 Å². The van der Waals surface area contributed by atoms with Crippen LogP contribution >= 0.6 is 0 Å². The van der Waals surface area contributed by atoms with Gasteiger partial charge in [-0.2, -0.15) is 0 Å².